The van der Waals surface area contributed by atoms with Gasteiger partial charge in [-0.2, -0.15) is 8.42 Å². The van der Waals surface area contributed by atoms with Crippen molar-refractivity contribution in [2.45, 2.75) is 29.1 Å². The van der Waals surface area contributed by atoms with Crippen LogP contribution in [0.25, 0.3) is 11.1 Å². The second kappa shape index (κ2) is 4.60. The van der Waals surface area contributed by atoms with Crippen molar-refractivity contribution in [1.82, 2.24) is 0 Å². The van der Waals surface area contributed by atoms with Crippen molar-refractivity contribution in [3.05, 3.63) is 47.5 Å². The van der Waals surface area contributed by atoms with Gasteiger partial charge in [0.1, 0.15) is 0 Å². The van der Waals surface area contributed by atoms with Crippen LogP contribution in [0.3, 0.4) is 0 Å². The first kappa shape index (κ1) is 14.6. The van der Waals surface area contributed by atoms with Crippen molar-refractivity contribution in [3.8, 4) is 11.1 Å². The Morgan fingerprint density at radius 1 is 1.00 bits per heavy atom. The SMILES string of the molecule is COS(=O)(=O)c1ccc2c(c1)C(C)(C)c1cc(S)ccc1-2. The van der Waals surface area contributed by atoms with Crippen LogP contribution in [-0.2, 0) is 19.7 Å². The molecule has 0 heterocycles. The van der Waals surface area contributed by atoms with Crippen LogP contribution >= 0.6 is 12.6 Å². The van der Waals surface area contributed by atoms with Crippen LogP contribution in [0.15, 0.2) is 46.2 Å². The largest absolute Gasteiger partial charge is 0.296 e. The number of thiol groups is 1. The molecule has 0 fully saturated rings. The lowest BCUT2D eigenvalue weighted by atomic mass is 9.82. The number of rotatable bonds is 2. The second-order valence-corrected chi connectivity index (χ2v) is 7.91. The fourth-order valence-electron chi connectivity index (χ4n) is 2.96. The van der Waals surface area contributed by atoms with Crippen LogP contribution in [0.5, 0.6) is 0 Å². The third-order valence-corrected chi connectivity index (χ3v) is 5.69. The molecule has 0 saturated heterocycles. The highest BCUT2D eigenvalue weighted by atomic mass is 32.2. The molecular formula is C16H16O3S2. The van der Waals surface area contributed by atoms with Crippen molar-refractivity contribution >= 4 is 22.7 Å². The number of hydrogen-bond donors (Lipinski definition) is 1. The summed E-state index contributed by atoms with van der Waals surface area (Å²) in [6.45, 7) is 4.18. The van der Waals surface area contributed by atoms with Crippen LogP contribution in [0.2, 0.25) is 0 Å². The third-order valence-electron chi connectivity index (χ3n) is 4.14. The van der Waals surface area contributed by atoms with Gasteiger partial charge in [0.25, 0.3) is 10.1 Å². The van der Waals surface area contributed by atoms with Gasteiger partial charge in [0, 0.05) is 10.3 Å². The second-order valence-electron chi connectivity index (χ2n) is 5.68. The van der Waals surface area contributed by atoms with Gasteiger partial charge in [0.05, 0.1) is 12.0 Å². The van der Waals surface area contributed by atoms with E-state index in [1.807, 2.05) is 24.3 Å². The Kier molecular flexibility index (Phi) is 3.20. The molecule has 0 aliphatic heterocycles. The van der Waals surface area contributed by atoms with E-state index >= 15 is 0 Å². The number of benzene rings is 2. The Balaban J connectivity index is 2.28. The van der Waals surface area contributed by atoms with E-state index in [0.29, 0.717) is 0 Å². The molecule has 1 aliphatic rings. The van der Waals surface area contributed by atoms with Gasteiger partial charge >= 0.3 is 0 Å². The summed E-state index contributed by atoms with van der Waals surface area (Å²) in [6.07, 6.45) is 0. The zero-order valence-corrected chi connectivity index (χ0v) is 13.8. The molecule has 21 heavy (non-hydrogen) atoms. The zero-order chi connectivity index (χ0) is 15.4. The fourth-order valence-corrected chi connectivity index (χ4v) is 3.85. The maximum Gasteiger partial charge on any atom is 0.296 e. The summed E-state index contributed by atoms with van der Waals surface area (Å²) < 4.78 is 28.4. The Labute approximate surface area is 130 Å². The maximum absolute atomic E-state index is 11.9. The van der Waals surface area contributed by atoms with Gasteiger partial charge in [-0.25, -0.2) is 0 Å². The summed E-state index contributed by atoms with van der Waals surface area (Å²) in [5, 5.41) is 0. The van der Waals surface area contributed by atoms with E-state index in [0.717, 1.165) is 27.1 Å². The quantitative estimate of drug-likeness (QED) is 0.679. The van der Waals surface area contributed by atoms with E-state index in [1.54, 1.807) is 12.1 Å². The minimum Gasteiger partial charge on any atom is -0.270 e. The van der Waals surface area contributed by atoms with E-state index in [1.165, 1.54) is 7.11 Å². The normalized spacial score (nSPS) is 15.6. The summed E-state index contributed by atoms with van der Waals surface area (Å²) >= 11 is 4.41. The van der Waals surface area contributed by atoms with E-state index in [4.69, 9.17) is 0 Å². The molecular weight excluding hydrogens is 304 g/mol. The highest BCUT2D eigenvalue weighted by Gasteiger charge is 2.36. The molecule has 0 radical (unpaired) electrons. The highest BCUT2D eigenvalue weighted by molar-refractivity contribution is 7.86. The van der Waals surface area contributed by atoms with Gasteiger partial charge in [-0.15, -0.1) is 12.6 Å². The molecule has 3 nitrogen and oxygen atoms in total. The zero-order valence-electron chi connectivity index (χ0n) is 12.0. The molecule has 110 valence electrons. The molecule has 0 atom stereocenters. The molecule has 2 aromatic rings. The molecule has 0 aromatic heterocycles. The van der Waals surface area contributed by atoms with Crippen molar-refractivity contribution < 1.29 is 12.6 Å². The van der Waals surface area contributed by atoms with Crippen LogP contribution in [0.4, 0.5) is 0 Å². The Bertz CT molecular complexity index is 837. The minimum atomic E-state index is -3.68. The first-order chi connectivity index (χ1) is 9.77. The monoisotopic (exact) mass is 320 g/mol. The first-order valence-corrected chi connectivity index (χ1v) is 8.42. The molecule has 3 rings (SSSR count). The van der Waals surface area contributed by atoms with Crippen LogP contribution < -0.4 is 0 Å². The number of fused-ring (bicyclic) bond motifs is 3. The van der Waals surface area contributed by atoms with Crippen molar-refractivity contribution in [2.24, 2.45) is 0 Å². The predicted molar refractivity (Wildman–Crippen MR) is 85.5 cm³/mol. The summed E-state index contributed by atoms with van der Waals surface area (Å²) in [4.78, 5) is 1.09. The predicted octanol–water partition coefficient (Wildman–Crippen LogP) is 3.62. The molecule has 5 heteroatoms. The van der Waals surface area contributed by atoms with E-state index in [-0.39, 0.29) is 10.3 Å². The standard InChI is InChI=1S/C16H16O3S2/c1-16(2)14-8-10(20)4-6-12(14)13-7-5-11(9-15(13)16)21(17,18)19-3/h4-9,20H,1-3H3. The molecule has 0 amide bonds. The summed E-state index contributed by atoms with van der Waals surface area (Å²) in [5.41, 5.74) is 4.10. The third kappa shape index (κ3) is 2.11. The minimum absolute atomic E-state index is 0.190. The van der Waals surface area contributed by atoms with Gasteiger partial charge in [0.15, 0.2) is 0 Å². The van der Waals surface area contributed by atoms with E-state index < -0.39 is 10.1 Å². The van der Waals surface area contributed by atoms with Gasteiger partial charge in [-0.3, -0.25) is 4.18 Å². The first-order valence-electron chi connectivity index (χ1n) is 6.56. The molecule has 2 aromatic carbocycles. The van der Waals surface area contributed by atoms with Crippen LogP contribution in [0, 0.1) is 0 Å². The van der Waals surface area contributed by atoms with Crippen molar-refractivity contribution in [1.29, 1.82) is 0 Å². The van der Waals surface area contributed by atoms with Crippen molar-refractivity contribution in [2.75, 3.05) is 7.11 Å². The Morgan fingerprint density at radius 3 is 2.19 bits per heavy atom. The molecule has 0 saturated carbocycles. The average molecular weight is 320 g/mol. The molecule has 0 N–H and O–H groups in total. The summed E-state index contributed by atoms with van der Waals surface area (Å²) in [5.74, 6) is 0. The smallest absolute Gasteiger partial charge is 0.270 e. The lowest BCUT2D eigenvalue weighted by Gasteiger charge is -2.22. The van der Waals surface area contributed by atoms with E-state index in [9.17, 15) is 8.42 Å². The Morgan fingerprint density at radius 2 is 1.57 bits per heavy atom. The number of hydrogen-bond acceptors (Lipinski definition) is 4. The highest BCUT2D eigenvalue weighted by Crippen LogP contribution is 2.49. The van der Waals surface area contributed by atoms with Crippen LogP contribution in [0.1, 0.15) is 25.0 Å². The van der Waals surface area contributed by atoms with Gasteiger partial charge < -0.3 is 0 Å². The summed E-state index contributed by atoms with van der Waals surface area (Å²) in [6, 6.07) is 11.2. The summed E-state index contributed by atoms with van der Waals surface area (Å²) in [7, 11) is -2.50. The maximum atomic E-state index is 11.9. The Hall–Kier alpha value is -1.30. The topological polar surface area (TPSA) is 43.4 Å². The lowest BCUT2D eigenvalue weighted by Crippen LogP contribution is -2.16. The van der Waals surface area contributed by atoms with Crippen LogP contribution in [-0.4, -0.2) is 15.5 Å². The van der Waals surface area contributed by atoms with Crippen molar-refractivity contribution in [3.63, 3.8) is 0 Å². The van der Waals surface area contributed by atoms with Gasteiger partial charge in [-0.05, 0) is 46.5 Å². The van der Waals surface area contributed by atoms with Gasteiger partial charge in [-0.1, -0.05) is 26.0 Å². The molecule has 0 bridgehead atoms. The fraction of sp³-hybridized carbons (Fsp3) is 0.250. The van der Waals surface area contributed by atoms with E-state index in [2.05, 4.69) is 30.7 Å². The van der Waals surface area contributed by atoms with Gasteiger partial charge in [0.2, 0.25) is 0 Å². The molecule has 0 unspecified atom stereocenters. The molecule has 1 aliphatic carbocycles. The average Bonchev–Trinajstić information content (AvgIpc) is 2.67. The molecule has 0 spiro atoms. The lowest BCUT2D eigenvalue weighted by molar-refractivity contribution is 0.397.